The van der Waals surface area contributed by atoms with E-state index in [4.69, 9.17) is 0 Å². The van der Waals surface area contributed by atoms with E-state index in [2.05, 4.69) is 10.3 Å². The van der Waals surface area contributed by atoms with Crippen molar-refractivity contribution in [2.75, 3.05) is 6.54 Å². The Morgan fingerprint density at radius 3 is 3.12 bits per heavy atom. The van der Waals surface area contributed by atoms with Gasteiger partial charge in [0.2, 0.25) is 0 Å². The zero-order valence-corrected chi connectivity index (χ0v) is 9.94. The molecule has 86 valence electrons. The number of imidazole rings is 1. The van der Waals surface area contributed by atoms with Gasteiger partial charge < -0.3 is 15.0 Å². The van der Waals surface area contributed by atoms with Crippen molar-refractivity contribution in [1.82, 2.24) is 14.9 Å². The van der Waals surface area contributed by atoms with Gasteiger partial charge in [-0.05, 0) is 22.4 Å². The minimum atomic E-state index is -0.438. The van der Waals surface area contributed by atoms with E-state index in [-0.39, 0.29) is 0 Å². The number of rotatable bonds is 5. The van der Waals surface area contributed by atoms with Crippen LogP contribution in [0.2, 0.25) is 0 Å². The summed E-state index contributed by atoms with van der Waals surface area (Å²) < 4.78 is 1.96. The van der Waals surface area contributed by atoms with Gasteiger partial charge in [-0.25, -0.2) is 4.98 Å². The second kappa shape index (κ2) is 5.25. The van der Waals surface area contributed by atoms with E-state index >= 15 is 0 Å². The second-order valence-electron chi connectivity index (χ2n) is 3.66. The third-order valence-corrected chi connectivity index (χ3v) is 3.17. The predicted octanol–water partition coefficient (Wildman–Crippen LogP) is 1.30. The Morgan fingerprint density at radius 1 is 1.62 bits per heavy atom. The molecule has 0 saturated carbocycles. The van der Waals surface area contributed by atoms with E-state index in [1.807, 2.05) is 34.6 Å². The fraction of sp³-hybridized carbons (Fsp3) is 0.364. The Kier molecular flexibility index (Phi) is 3.71. The van der Waals surface area contributed by atoms with E-state index < -0.39 is 6.10 Å². The molecule has 1 unspecified atom stereocenters. The van der Waals surface area contributed by atoms with Crippen molar-refractivity contribution in [1.29, 1.82) is 0 Å². The molecule has 0 radical (unpaired) electrons. The third kappa shape index (κ3) is 2.69. The summed E-state index contributed by atoms with van der Waals surface area (Å²) in [4.78, 5) is 4.20. The normalized spacial score (nSPS) is 12.9. The number of thiophene rings is 1. The Hall–Kier alpha value is -1.17. The highest BCUT2D eigenvalue weighted by molar-refractivity contribution is 7.07. The summed E-state index contributed by atoms with van der Waals surface area (Å²) in [5.41, 5.74) is 0.970. The Balaban J connectivity index is 1.78. The predicted molar refractivity (Wildman–Crippen MR) is 64.2 cm³/mol. The SMILES string of the molecule is Cn1ccnc1CNCC(O)c1ccsc1. The smallest absolute Gasteiger partial charge is 0.122 e. The summed E-state index contributed by atoms with van der Waals surface area (Å²) >= 11 is 1.60. The first-order valence-corrected chi connectivity index (χ1v) is 6.08. The van der Waals surface area contributed by atoms with Crippen LogP contribution in [0.25, 0.3) is 0 Å². The highest BCUT2D eigenvalue weighted by Crippen LogP contribution is 2.15. The van der Waals surface area contributed by atoms with Gasteiger partial charge >= 0.3 is 0 Å². The fourth-order valence-corrected chi connectivity index (χ4v) is 2.18. The zero-order valence-electron chi connectivity index (χ0n) is 9.13. The van der Waals surface area contributed by atoms with Crippen molar-refractivity contribution in [3.05, 3.63) is 40.6 Å². The van der Waals surface area contributed by atoms with Gasteiger partial charge in [0.05, 0.1) is 12.6 Å². The van der Waals surface area contributed by atoms with E-state index in [1.165, 1.54) is 0 Å². The first-order chi connectivity index (χ1) is 7.77. The Morgan fingerprint density at radius 2 is 2.50 bits per heavy atom. The highest BCUT2D eigenvalue weighted by atomic mass is 32.1. The summed E-state index contributed by atoms with van der Waals surface area (Å²) in [6, 6.07) is 1.94. The van der Waals surface area contributed by atoms with Gasteiger partial charge in [-0.1, -0.05) is 0 Å². The van der Waals surface area contributed by atoms with E-state index in [1.54, 1.807) is 17.5 Å². The molecule has 4 nitrogen and oxygen atoms in total. The van der Waals surface area contributed by atoms with Crippen molar-refractivity contribution in [2.24, 2.45) is 7.05 Å². The largest absolute Gasteiger partial charge is 0.387 e. The van der Waals surface area contributed by atoms with Gasteiger partial charge in [-0.3, -0.25) is 0 Å². The second-order valence-corrected chi connectivity index (χ2v) is 4.44. The maximum absolute atomic E-state index is 9.82. The van der Waals surface area contributed by atoms with Gasteiger partial charge in [0, 0.05) is 26.0 Å². The highest BCUT2D eigenvalue weighted by Gasteiger charge is 2.07. The van der Waals surface area contributed by atoms with Gasteiger partial charge in [0.25, 0.3) is 0 Å². The molecule has 0 aromatic carbocycles. The van der Waals surface area contributed by atoms with E-state index in [0.717, 1.165) is 11.4 Å². The molecule has 5 heteroatoms. The number of hydrogen-bond donors (Lipinski definition) is 2. The molecule has 2 aromatic rings. The van der Waals surface area contributed by atoms with Gasteiger partial charge in [0.15, 0.2) is 0 Å². The van der Waals surface area contributed by atoms with Crippen molar-refractivity contribution < 1.29 is 5.11 Å². The lowest BCUT2D eigenvalue weighted by Gasteiger charge is -2.10. The molecule has 0 fully saturated rings. The fourth-order valence-electron chi connectivity index (χ4n) is 1.47. The number of aryl methyl sites for hydroxylation is 1. The Bertz CT molecular complexity index is 424. The molecule has 0 amide bonds. The summed E-state index contributed by atoms with van der Waals surface area (Å²) in [6.07, 6.45) is 3.24. The lowest BCUT2D eigenvalue weighted by atomic mass is 10.2. The quantitative estimate of drug-likeness (QED) is 0.824. The number of nitrogens with one attached hydrogen (secondary N) is 1. The van der Waals surface area contributed by atoms with Crippen molar-refractivity contribution in [3.63, 3.8) is 0 Å². The van der Waals surface area contributed by atoms with Crippen LogP contribution < -0.4 is 5.32 Å². The molecular weight excluding hydrogens is 222 g/mol. The standard InChI is InChI=1S/C11H15N3OS/c1-14-4-3-13-11(14)7-12-6-10(15)9-2-5-16-8-9/h2-5,8,10,12,15H,6-7H2,1H3. The van der Waals surface area contributed by atoms with Gasteiger partial charge in [-0.2, -0.15) is 11.3 Å². The maximum atomic E-state index is 9.82. The van der Waals surface area contributed by atoms with Crippen molar-refractivity contribution in [3.8, 4) is 0 Å². The van der Waals surface area contributed by atoms with Crippen molar-refractivity contribution >= 4 is 11.3 Å². The van der Waals surface area contributed by atoms with Crippen LogP contribution in [-0.2, 0) is 13.6 Å². The van der Waals surface area contributed by atoms with Crippen LogP contribution in [-0.4, -0.2) is 21.2 Å². The number of aliphatic hydroxyl groups excluding tert-OH is 1. The molecule has 2 N–H and O–H groups in total. The number of aromatic nitrogens is 2. The van der Waals surface area contributed by atoms with Crippen LogP contribution in [0.1, 0.15) is 17.5 Å². The molecule has 0 aliphatic carbocycles. The summed E-state index contributed by atoms with van der Waals surface area (Å²) in [6.45, 7) is 1.22. The molecule has 2 heterocycles. The summed E-state index contributed by atoms with van der Waals surface area (Å²) in [7, 11) is 1.96. The number of hydrogen-bond acceptors (Lipinski definition) is 4. The molecule has 2 aromatic heterocycles. The number of nitrogens with zero attached hydrogens (tertiary/aromatic N) is 2. The van der Waals surface area contributed by atoms with Crippen LogP contribution in [0.5, 0.6) is 0 Å². The number of aliphatic hydroxyl groups is 1. The summed E-state index contributed by atoms with van der Waals surface area (Å²) in [5.74, 6) is 0.970. The van der Waals surface area contributed by atoms with Gasteiger partial charge in [-0.15, -0.1) is 0 Å². The molecule has 0 aliphatic heterocycles. The summed E-state index contributed by atoms with van der Waals surface area (Å²) in [5, 5.41) is 16.9. The minimum Gasteiger partial charge on any atom is -0.387 e. The topological polar surface area (TPSA) is 50.1 Å². The molecule has 0 aliphatic rings. The molecule has 16 heavy (non-hydrogen) atoms. The molecule has 1 atom stereocenters. The Labute approximate surface area is 98.6 Å². The molecular formula is C11H15N3OS. The van der Waals surface area contributed by atoms with Gasteiger partial charge in [0.1, 0.15) is 5.82 Å². The van der Waals surface area contributed by atoms with E-state index in [0.29, 0.717) is 13.1 Å². The maximum Gasteiger partial charge on any atom is 0.122 e. The third-order valence-electron chi connectivity index (χ3n) is 2.47. The minimum absolute atomic E-state index is 0.438. The van der Waals surface area contributed by atoms with Crippen LogP contribution >= 0.6 is 11.3 Å². The average molecular weight is 237 g/mol. The van der Waals surface area contributed by atoms with Crippen LogP contribution in [0.3, 0.4) is 0 Å². The first kappa shape index (κ1) is 11.3. The van der Waals surface area contributed by atoms with Crippen molar-refractivity contribution in [2.45, 2.75) is 12.6 Å². The molecule has 0 bridgehead atoms. The van der Waals surface area contributed by atoms with E-state index in [9.17, 15) is 5.11 Å². The molecule has 0 spiro atoms. The van der Waals surface area contributed by atoms with Crippen LogP contribution in [0, 0.1) is 0 Å². The average Bonchev–Trinajstić information content (AvgIpc) is 2.90. The zero-order chi connectivity index (χ0) is 11.4. The van der Waals surface area contributed by atoms with Crippen LogP contribution in [0.15, 0.2) is 29.2 Å². The monoisotopic (exact) mass is 237 g/mol. The molecule has 2 rings (SSSR count). The lowest BCUT2D eigenvalue weighted by Crippen LogP contribution is -2.22. The molecule has 0 saturated heterocycles. The van der Waals surface area contributed by atoms with Crippen LogP contribution in [0.4, 0.5) is 0 Å². The lowest BCUT2D eigenvalue weighted by molar-refractivity contribution is 0.174. The first-order valence-electron chi connectivity index (χ1n) is 5.14.